The Morgan fingerprint density at radius 1 is 1.09 bits per heavy atom. The second kappa shape index (κ2) is 12.6. The summed E-state index contributed by atoms with van der Waals surface area (Å²) in [6, 6.07) is 13.7. The molecule has 1 fully saturated rings. The number of nitrogens with one attached hydrogen (secondary N) is 3. The molecule has 8 heteroatoms. The van der Waals surface area contributed by atoms with Gasteiger partial charge in [-0.15, -0.1) is 0 Å². The number of hydrogen-bond donors (Lipinski definition) is 3. The third-order valence-electron chi connectivity index (χ3n) is 5.85. The maximum absolute atomic E-state index is 13.1. The molecular weight excluding hydrogens is 430 g/mol. The summed E-state index contributed by atoms with van der Waals surface area (Å²) in [6.07, 6.45) is 2.91. The molecule has 1 aliphatic heterocycles. The maximum Gasteiger partial charge on any atom is 0.323 e. The van der Waals surface area contributed by atoms with Gasteiger partial charge in [-0.05, 0) is 74.6 Å². The van der Waals surface area contributed by atoms with Gasteiger partial charge in [0.2, 0.25) is 0 Å². The van der Waals surface area contributed by atoms with Crippen LogP contribution in [0, 0.1) is 17.2 Å². The Balaban J connectivity index is 1.71. The van der Waals surface area contributed by atoms with E-state index in [2.05, 4.69) is 27.8 Å². The van der Waals surface area contributed by atoms with Gasteiger partial charge in [0.1, 0.15) is 0 Å². The van der Waals surface area contributed by atoms with Gasteiger partial charge in [0, 0.05) is 49.9 Å². The van der Waals surface area contributed by atoms with Crippen LogP contribution in [-0.4, -0.2) is 44.8 Å². The molecule has 0 unspecified atom stereocenters. The monoisotopic (exact) mass is 463 g/mol. The van der Waals surface area contributed by atoms with E-state index in [4.69, 9.17) is 10.00 Å². The van der Waals surface area contributed by atoms with Crippen LogP contribution in [0.25, 0.3) is 0 Å². The fraction of sp³-hybridized carbons (Fsp3) is 0.423. The van der Waals surface area contributed by atoms with Crippen molar-refractivity contribution in [2.75, 3.05) is 48.4 Å². The molecule has 1 aliphatic rings. The van der Waals surface area contributed by atoms with Gasteiger partial charge in [-0.25, -0.2) is 4.79 Å². The van der Waals surface area contributed by atoms with E-state index < -0.39 is 6.03 Å². The lowest BCUT2D eigenvalue weighted by Gasteiger charge is -2.33. The summed E-state index contributed by atoms with van der Waals surface area (Å²) in [7, 11) is 0. The average molecular weight is 464 g/mol. The quantitative estimate of drug-likeness (QED) is 0.472. The van der Waals surface area contributed by atoms with Gasteiger partial charge in [-0.3, -0.25) is 4.79 Å². The molecule has 3 rings (SSSR count). The third-order valence-corrected chi connectivity index (χ3v) is 5.85. The SMILES string of the molecule is CCOCCCNC(=O)c1cc(NC(=O)Nc2ccc(C#N)cc2)ccc1N1CCC(C)CC1. The predicted molar refractivity (Wildman–Crippen MR) is 134 cm³/mol. The number of nitrogens with zero attached hydrogens (tertiary/aromatic N) is 2. The molecule has 2 aromatic carbocycles. The maximum atomic E-state index is 13.1. The first-order chi connectivity index (χ1) is 16.5. The molecule has 0 aromatic heterocycles. The molecule has 3 N–H and O–H groups in total. The Morgan fingerprint density at radius 2 is 1.76 bits per heavy atom. The minimum Gasteiger partial charge on any atom is -0.382 e. The number of carbonyl (C=O) groups excluding carboxylic acids is 2. The zero-order valence-electron chi connectivity index (χ0n) is 19.9. The highest BCUT2D eigenvalue weighted by atomic mass is 16.5. The van der Waals surface area contributed by atoms with E-state index in [0.29, 0.717) is 48.2 Å². The zero-order chi connectivity index (χ0) is 24.3. The lowest BCUT2D eigenvalue weighted by atomic mass is 9.98. The average Bonchev–Trinajstić information content (AvgIpc) is 2.85. The number of amides is 3. The molecule has 3 amide bonds. The van der Waals surface area contributed by atoms with Crippen LogP contribution < -0.4 is 20.9 Å². The van der Waals surface area contributed by atoms with E-state index >= 15 is 0 Å². The summed E-state index contributed by atoms with van der Waals surface area (Å²) in [6.45, 7) is 7.78. The first kappa shape index (κ1) is 25.1. The highest BCUT2D eigenvalue weighted by Gasteiger charge is 2.22. The van der Waals surface area contributed by atoms with Gasteiger partial charge in [0.25, 0.3) is 5.91 Å². The smallest absolute Gasteiger partial charge is 0.323 e. The van der Waals surface area contributed by atoms with Crippen molar-refractivity contribution >= 4 is 29.0 Å². The number of ether oxygens (including phenoxy) is 1. The van der Waals surface area contributed by atoms with Crippen LogP contribution in [0.15, 0.2) is 42.5 Å². The Labute approximate surface area is 201 Å². The van der Waals surface area contributed by atoms with Crippen LogP contribution in [0.1, 0.15) is 49.0 Å². The highest BCUT2D eigenvalue weighted by molar-refractivity contribution is 6.04. The predicted octanol–water partition coefficient (Wildman–Crippen LogP) is 4.59. The molecule has 34 heavy (non-hydrogen) atoms. The van der Waals surface area contributed by atoms with Crippen molar-refractivity contribution in [3.63, 3.8) is 0 Å². The molecule has 2 aromatic rings. The number of nitriles is 1. The van der Waals surface area contributed by atoms with Crippen molar-refractivity contribution in [1.82, 2.24) is 5.32 Å². The van der Waals surface area contributed by atoms with Gasteiger partial charge >= 0.3 is 6.03 Å². The first-order valence-electron chi connectivity index (χ1n) is 11.8. The number of hydrogen-bond acceptors (Lipinski definition) is 5. The minimum atomic E-state index is -0.424. The van der Waals surface area contributed by atoms with Crippen LogP contribution in [0.2, 0.25) is 0 Å². The fourth-order valence-corrected chi connectivity index (χ4v) is 3.86. The molecule has 0 saturated carbocycles. The lowest BCUT2D eigenvalue weighted by Crippen LogP contribution is -2.35. The molecule has 0 atom stereocenters. The molecule has 1 heterocycles. The van der Waals surface area contributed by atoms with Crippen molar-refractivity contribution in [2.24, 2.45) is 5.92 Å². The number of benzene rings is 2. The lowest BCUT2D eigenvalue weighted by molar-refractivity contribution is 0.0944. The Bertz CT molecular complexity index is 1010. The second-order valence-corrected chi connectivity index (χ2v) is 8.48. The van der Waals surface area contributed by atoms with Crippen LogP contribution in [-0.2, 0) is 4.74 Å². The molecule has 8 nitrogen and oxygen atoms in total. The van der Waals surface area contributed by atoms with E-state index in [9.17, 15) is 9.59 Å². The van der Waals surface area contributed by atoms with E-state index in [-0.39, 0.29) is 5.91 Å². The normalized spacial score (nSPS) is 13.7. The van der Waals surface area contributed by atoms with Gasteiger partial charge < -0.3 is 25.6 Å². The third kappa shape index (κ3) is 7.22. The molecule has 1 saturated heterocycles. The van der Waals surface area contributed by atoms with Crippen LogP contribution in [0.5, 0.6) is 0 Å². The van der Waals surface area contributed by atoms with Crippen molar-refractivity contribution < 1.29 is 14.3 Å². The Morgan fingerprint density at radius 3 is 2.44 bits per heavy atom. The molecule has 0 radical (unpaired) electrons. The number of carbonyl (C=O) groups is 2. The van der Waals surface area contributed by atoms with Gasteiger partial charge in [0.15, 0.2) is 0 Å². The van der Waals surface area contributed by atoms with Crippen LogP contribution in [0.3, 0.4) is 0 Å². The summed E-state index contributed by atoms with van der Waals surface area (Å²) in [5.74, 6) is 0.514. The van der Waals surface area contributed by atoms with Crippen LogP contribution in [0.4, 0.5) is 21.9 Å². The summed E-state index contributed by atoms with van der Waals surface area (Å²) < 4.78 is 5.34. The Hall–Kier alpha value is -3.57. The number of anilines is 3. The summed E-state index contributed by atoms with van der Waals surface area (Å²) in [5, 5.41) is 17.4. The van der Waals surface area contributed by atoms with Gasteiger partial charge in [-0.2, -0.15) is 5.26 Å². The molecule has 0 bridgehead atoms. The second-order valence-electron chi connectivity index (χ2n) is 8.48. The van der Waals surface area contributed by atoms with Crippen molar-refractivity contribution in [1.29, 1.82) is 5.26 Å². The van der Waals surface area contributed by atoms with Crippen molar-refractivity contribution in [3.8, 4) is 6.07 Å². The number of urea groups is 1. The highest BCUT2D eigenvalue weighted by Crippen LogP contribution is 2.29. The first-order valence-corrected chi connectivity index (χ1v) is 11.8. The van der Waals surface area contributed by atoms with E-state index in [1.807, 2.05) is 25.1 Å². The van der Waals surface area contributed by atoms with Crippen LogP contribution >= 0.6 is 0 Å². The summed E-state index contributed by atoms with van der Waals surface area (Å²) in [4.78, 5) is 27.8. The summed E-state index contributed by atoms with van der Waals surface area (Å²) >= 11 is 0. The van der Waals surface area contributed by atoms with E-state index in [1.165, 1.54) is 0 Å². The Kier molecular flexibility index (Phi) is 9.30. The van der Waals surface area contributed by atoms with Crippen molar-refractivity contribution in [2.45, 2.75) is 33.1 Å². The molecule has 0 aliphatic carbocycles. The van der Waals surface area contributed by atoms with E-state index in [0.717, 1.165) is 38.0 Å². The summed E-state index contributed by atoms with van der Waals surface area (Å²) in [5.41, 5.74) is 3.04. The molecule has 0 spiro atoms. The number of rotatable bonds is 9. The van der Waals surface area contributed by atoms with Crippen molar-refractivity contribution in [3.05, 3.63) is 53.6 Å². The van der Waals surface area contributed by atoms with E-state index in [1.54, 1.807) is 30.3 Å². The van der Waals surface area contributed by atoms with Gasteiger partial charge in [0.05, 0.1) is 17.2 Å². The fourth-order valence-electron chi connectivity index (χ4n) is 3.86. The molecule has 180 valence electrons. The topological polar surface area (TPSA) is 106 Å². The standard InChI is InChI=1S/C26H33N5O3/c1-3-34-16-4-13-28-25(32)23-17-22(9-10-24(23)31-14-11-19(2)12-15-31)30-26(33)29-21-7-5-20(18-27)6-8-21/h5-10,17,19H,3-4,11-16H2,1-2H3,(H,28,32)(H2,29,30,33). The molecular formula is C26H33N5O3. The van der Waals surface area contributed by atoms with Gasteiger partial charge in [-0.1, -0.05) is 6.92 Å². The number of piperidine rings is 1. The zero-order valence-corrected chi connectivity index (χ0v) is 19.9. The minimum absolute atomic E-state index is 0.165. The largest absolute Gasteiger partial charge is 0.382 e.